The molecule has 1 saturated carbocycles. The first-order valence-corrected chi connectivity index (χ1v) is 7.79. The molecule has 0 aromatic heterocycles. The van der Waals surface area contributed by atoms with Crippen LogP contribution in [0.25, 0.3) is 0 Å². The maximum atomic E-state index is 5.64. The molecule has 0 saturated heterocycles. The molecule has 0 amide bonds. The van der Waals surface area contributed by atoms with Crippen molar-refractivity contribution in [3.05, 3.63) is 29.8 Å². The number of rotatable bonds is 8. The Morgan fingerprint density at radius 1 is 1.21 bits per heavy atom. The van der Waals surface area contributed by atoms with Crippen LogP contribution >= 0.6 is 0 Å². The third-order valence-corrected chi connectivity index (χ3v) is 4.00. The second kappa shape index (κ2) is 7.54. The Hall–Kier alpha value is -1.02. The summed E-state index contributed by atoms with van der Waals surface area (Å²) in [5.41, 5.74) is 1.40. The summed E-state index contributed by atoms with van der Waals surface area (Å²) in [6, 6.07) is 9.16. The fourth-order valence-corrected chi connectivity index (χ4v) is 2.66. The molecule has 1 atom stereocenters. The minimum Gasteiger partial charge on any atom is -0.494 e. The van der Waals surface area contributed by atoms with Crippen LogP contribution in [0.1, 0.15) is 57.6 Å². The zero-order valence-electron chi connectivity index (χ0n) is 12.3. The van der Waals surface area contributed by atoms with Crippen LogP contribution in [0.3, 0.4) is 0 Å². The average Bonchev–Trinajstić information content (AvgIpc) is 2.40. The number of hydrogen-bond donors (Lipinski definition) is 1. The summed E-state index contributed by atoms with van der Waals surface area (Å²) in [6.45, 7) is 6.16. The van der Waals surface area contributed by atoms with Gasteiger partial charge in [0.15, 0.2) is 0 Å². The summed E-state index contributed by atoms with van der Waals surface area (Å²) in [7, 11) is 0. The van der Waals surface area contributed by atoms with Gasteiger partial charge >= 0.3 is 0 Å². The minimum absolute atomic E-state index is 0.510. The van der Waals surface area contributed by atoms with Crippen molar-refractivity contribution >= 4 is 0 Å². The first-order valence-electron chi connectivity index (χ1n) is 7.79. The van der Waals surface area contributed by atoms with Crippen molar-refractivity contribution in [2.45, 2.75) is 52.0 Å². The van der Waals surface area contributed by atoms with Crippen LogP contribution in [0.15, 0.2) is 24.3 Å². The summed E-state index contributed by atoms with van der Waals surface area (Å²) in [5, 5.41) is 3.62. The molecule has 2 heteroatoms. The van der Waals surface area contributed by atoms with Gasteiger partial charge in [-0.15, -0.1) is 0 Å². The second-order valence-corrected chi connectivity index (χ2v) is 5.56. The van der Waals surface area contributed by atoms with Gasteiger partial charge in [-0.3, -0.25) is 0 Å². The van der Waals surface area contributed by atoms with E-state index in [1.54, 1.807) is 0 Å². The van der Waals surface area contributed by atoms with E-state index >= 15 is 0 Å². The number of benzene rings is 1. The molecule has 19 heavy (non-hydrogen) atoms. The largest absolute Gasteiger partial charge is 0.494 e. The van der Waals surface area contributed by atoms with Gasteiger partial charge in [0.2, 0.25) is 0 Å². The summed E-state index contributed by atoms with van der Waals surface area (Å²) in [6.07, 6.45) is 6.60. The molecule has 1 fully saturated rings. The van der Waals surface area contributed by atoms with Gasteiger partial charge in [-0.1, -0.05) is 45.2 Å². The van der Waals surface area contributed by atoms with Crippen LogP contribution in [-0.4, -0.2) is 13.2 Å². The Bertz CT molecular complexity index is 356. The lowest BCUT2D eigenvalue weighted by molar-refractivity contribution is 0.262. The smallest absolute Gasteiger partial charge is 0.119 e. The Kier molecular flexibility index (Phi) is 5.71. The maximum absolute atomic E-state index is 5.64. The molecule has 0 radical (unpaired) electrons. The highest BCUT2D eigenvalue weighted by atomic mass is 16.5. The van der Waals surface area contributed by atoms with Crippen LogP contribution in [0, 0.1) is 5.92 Å². The molecular formula is C17H27NO. The lowest BCUT2D eigenvalue weighted by Gasteiger charge is -2.30. The molecule has 0 aliphatic heterocycles. The standard InChI is InChI=1S/C17H27NO/c1-3-12-19-16-10-8-15(9-11-16)17(18-4-2)13-14-6-5-7-14/h8-11,14,17-18H,3-7,12-13H2,1-2H3. The Morgan fingerprint density at radius 2 is 1.95 bits per heavy atom. The first kappa shape index (κ1) is 14.4. The molecule has 0 spiro atoms. The quantitative estimate of drug-likeness (QED) is 0.752. The highest BCUT2D eigenvalue weighted by Gasteiger charge is 2.22. The van der Waals surface area contributed by atoms with E-state index < -0.39 is 0 Å². The van der Waals surface area contributed by atoms with Crippen LogP contribution in [0.5, 0.6) is 5.75 Å². The van der Waals surface area contributed by atoms with Crippen molar-refractivity contribution in [2.24, 2.45) is 5.92 Å². The van der Waals surface area contributed by atoms with Crippen LogP contribution in [-0.2, 0) is 0 Å². The molecule has 1 aromatic carbocycles. The molecule has 2 rings (SSSR count). The zero-order valence-corrected chi connectivity index (χ0v) is 12.3. The van der Waals surface area contributed by atoms with Crippen molar-refractivity contribution < 1.29 is 4.74 Å². The summed E-state index contributed by atoms with van der Waals surface area (Å²) in [4.78, 5) is 0. The van der Waals surface area contributed by atoms with Gasteiger partial charge in [0.1, 0.15) is 5.75 Å². The highest BCUT2D eigenvalue weighted by molar-refractivity contribution is 5.29. The summed E-state index contributed by atoms with van der Waals surface area (Å²) < 4.78 is 5.64. The number of hydrogen-bond acceptors (Lipinski definition) is 2. The minimum atomic E-state index is 0.510. The van der Waals surface area contributed by atoms with E-state index in [-0.39, 0.29) is 0 Å². The van der Waals surface area contributed by atoms with Gasteiger partial charge in [-0.05, 0) is 43.0 Å². The van der Waals surface area contributed by atoms with Crippen molar-refractivity contribution in [1.29, 1.82) is 0 Å². The van der Waals surface area contributed by atoms with Gasteiger partial charge in [-0.25, -0.2) is 0 Å². The van der Waals surface area contributed by atoms with Crippen molar-refractivity contribution in [3.8, 4) is 5.75 Å². The fraction of sp³-hybridized carbons (Fsp3) is 0.647. The predicted octanol–water partition coefficient (Wildman–Crippen LogP) is 4.32. The highest BCUT2D eigenvalue weighted by Crippen LogP contribution is 2.35. The fourth-order valence-electron chi connectivity index (χ4n) is 2.66. The van der Waals surface area contributed by atoms with Crippen LogP contribution in [0.2, 0.25) is 0 Å². The van der Waals surface area contributed by atoms with Gasteiger partial charge < -0.3 is 10.1 Å². The van der Waals surface area contributed by atoms with E-state index in [0.717, 1.165) is 31.2 Å². The normalized spacial score (nSPS) is 16.9. The van der Waals surface area contributed by atoms with Gasteiger partial charge in [-0.2, -0.15) is 0 Å². The molecular weight excluding hydrogens is 234 g/mol. The monoisotopic (exact) mass is 261 g/mol. The molecule has 1 aliphatic carbocycles. The molecule has 1 N–H and O–H groups in total. The number of ether oxygens (including phenoxy) is 1. The van der Waals surface area contributed by atoms with Crippen molar-refractivity contribution in [1.82, 2.24) is 5.32 Å². The Morgan fingerprint density at radius 3 is 2.47 bits per heavy atom. The maximum Gasteiger partial charge on any atom is 0.119 e. The molecule has 1 aromatic rings. The average molecular weight is 261 g/mol. The third kappa shape index (κ3) is 4.24. The molecule has 1 unspecified atom stereocenters. The van der Waals surface area contributed by atoms with Crippen molar-refractivity contribution in [3.63, 3.8) is 0 Å². The first-order chi connectivity index (χ1) is 9.33. The van der Waals surface area contributed by atoms with E-state index in [0.29, 0.717) is 6.04 Å². The molecule has 1 aliphatic rings. The van der Waals surface area contributed by atoms with Gasteiger partial charge in [0, 0.05) is 6.04 Å². The molecule has 2 nitrogen and oxygen atoms in total. The topological polar surface area (TPSA) is 21.3 Å². The van der Waals surface area contributed by atoms with E-state index in [2.05, 4.69) is 43.4 Å². The van der Waals surface area contributed by atoms with Crippen LogP contribution in [0.4, 0.5) is 0 Å². The lowest BCUT2D eigenvalue weighted by atomic mass is 9.79. The zero-order chi connectivity index (χ0) is 13.5. The Balaban J connectivity index is 1.95. The van der Waals surface area contributed by atoms with Gasteiger partial charge in [0.25, 0.3) is 0 Å². The summed E-state index contributed by atoms with van der Waals surface area (Å²) >= 11 is 0. The molecule has 0 heterocycles. The number of nitrogens with one attached hydrogen (secondary N) is 1. The van der Waals surface area contributed by atoms with Crippen molar-refractivity contribution in [2.75, 3.05) is 13.2 Å². The van der Waals surface area contributed by atoms with E-state index in [1.807, 2.05) is 0 Å². The van der Waals surface area contributed by atoms with Gasteiger partial charge in [0.05, 0.1) is 6.61 Å². The molecule has 106 valence electrons. The molecule has 0 bridgehead atoms. The Labute approximate surface area is 117 Å². The van der Waals surface area contributed by atoms with E-state index in [4.69, 9.17) is 4.74 Å². The van der Waals surface area contributed by atoms with E-state index in [1.165, 1.54) is 31.2 Å². The van der Waals surface area contributed by atoms with E-state index in [9.17, 15) is 0 Å². The third-order valence-electron chi connectivity index (χ3n) is 4.00. The summed E-state index contributed by atoms with van der Waals surface area (Å²) in [5.74, 6) is 1.92. The van der Waals surface area contributed by atoms with Crippen LogP contribution < -0.4 is 10.1 Å². The second-order valence-electron chi connectivity index (χ2n) is 5.56. The SMILES string of the molecule is CCCOc1ccc(C(CC2CCC2)NCC)cc1. The lowest BCUT2D eigenvalue weighted by Crippen LogP contribution is -2.25. The predicted molar refractivity (Wildman–Crippen MR) is 80.6 cm³/mol.